The number of aromatic nitrogens is 1. The van der Waals surface area contributed by atoms with Gasteiger partial charge in [0, 0.05) is 4.88 Å². The molecule has 0 atom stereocenters. The number of carboxylic acids is 1. The minimum absolute atomic E-state index is 0.0954. The van der Waals surface area contributed by atoms with Crippen LogP contribution in [0.2, 0.25) is 0 Å². The van der Waals surface area contributed by atoms with E-state index < -0.39 is 5.97 Å². The quantitative estimate of drug-likeness (QED) is 0.737. The molecule has 1 heterocycles. The zero-order chi connectivity index (χ0) is 14.7. The summed E-state index contributed by atoms with van der Waals surface area (Å²) in [5, 5.41) is 22.2. The Morgan fingerprint density at radius 1 is 1.40 bits per heavy atom. The molecule has 106 valence electrons. The monoisotopic (exact) mass is 292 g/mol. The van der Waals surface area contributed by atoms with Crippen LogP contribution in [0, 0.1) is 13.8 Å². The molecule has 2 aromatic rings. The molecule has 0 aliphatic rings. The standard InChI is InChI=1S/C14H16N2O3S/c1-8-3-4-11(17)10(7-8)16-14-15-9(2)12(20-14)5-6-13(18)19/h3-4,7,17H,5-6H2,1-2H3,(H,15,16)(H,18,19). The topological polar surface area (TPSA) is 82.5 Å². The highest BCUT2D eigenvalue weighted by molar-refractivity contribution is 7.15. The summed E-state index contributed by atoms with van der Waals surface area (Å²) in [6.45, 7) is 3.80. The van der Waals surface area contributed by atoms with E-state index in [0.717, 1.165) is 16.1 Å². The Bertz CT molecular complexity index is 637. The summed E-state index contributed by atoms with van der Waals surface area (Å²) in [6.07, 6.45) is 0.568. The molecule has 0 fully saturated rings. The number of rotatable bonds is 5. The molecule has 0 aliphatic carbocycles. The Morgan fingerprint density at radius 3 is 2.85 bits per heavy atom. The van der Waals surface area contributed by atoms with Gasteiger partial charge in [0.05, 0.1) is 17.8 Å². The van der Waals surface area contributed by atoms with Gasteiger partial charge in [-0.15, -0.1) is 11.3 Å². The Kier molecular flexibility index (Phi) is 4.24. The van der Waals surface area contributed by atoms with E-state index in [-0.39, 0.29) is 12.2 Å². The van der Waals surface area contributed by atoms with Crippen molar-refractivity contribution in [2.75, 3.05) is 5.32 Å². The Labute approximate surface area is 120 Å². The van der Waals surface area contributed by atoms with Gasteiger partial charge in [-0.1, -0.05) is 6.07 Å². The number of aryl methyl sites for hydroxylation is 3. The molecule has 6 heteroatoms. The normalized spacial score (nSPS) is 10.5. The predicted octanol–water partition coefficient (Wildman–Crippen LogP) is 3.23. The lowest BCUT2D eigenvalue weighted by Crippen LogP contribution is -1.96. The molecule has 2 rings (SSSR count). The smallest absolute Gasteiger partial charge is 0.303 e. The third-order valence-electron chi connectivity index (χ3n) is 2.85. The first-order valence-electron chi connectivity index (χ1n) is 6.20. The maximum atomic E-state index is 10.6. The minimum Gasteiger partial charge on any atom is -0.506 e. The van der Waals surface area contributed by atoms with E-state index in [1.165, 1.54) is 11.3 Å². The van der Waals surface area contributed by atoms with E-state index in [2.05, 4.69) is 10.3 Å². The Balaban J connectivity index is 2.16. The van der Waals surface area contributed by atoms with Gasteiger partial charge in [0.15, 0.2) is 5.13 Å². The number of hydrogen-bond donors (Lipinski definition) is 3. The van der Waals surface area contributed by atoms with E-state index in [0.29, 0.717) is 17.2 Å². The largest absolute Gasteiger partial charge is 0.506 e. The van der Waals surface area contributed by atoms with Crippen molar-refractivity contribution in [1.29, 1.82) is 0 Å². The molecule has 3 N–H and O–H groups in total. The van der Waals surface area contributed by atoms with Crippen LogP contribution in [0.15, 0.2) is 18.2 Å². The summed E-state index contributed by atoms with van der Waals surface area (Å²) >= 11 is 1.41. The van der Waals surface area contributed by atoms with Gasteiger partial charge in [0.2, 0.25) is 0 Å². The van der Waals surface area contributed by atoms with Gasteiger partial charge in [-0.3, -0.25) is 4.79 Å². The molecular formula is C14H16N2O3S. The number of nitrogens with one attached hydrogen (secondary N) is 1. The van der Waals surface area contributed by atoms with Crippen LogP contribution in [0.5, 0.6) is 5.75 Å². The van der Waals surface area contributed by atoms with Crippen LogP contribution < -0.4 is 5.32 Å². The zero-order valence-corrected chi connectivity index (χ0v) is 12.1. The SMILES string of the molecule is Cc1ccc(O)c(Nc2nc(C)c(CCC(=O)O)s2)c1. The fraction of sp³-hybridized carbons (Fsp3) is 0.286. The average molecular weight is 292 g/mol. The molecule has 0 radical (unpaired) electrons. The van der Waals surface area contributed by atoms with Gasteiger partial charge in [-0.2, -0.15) is 0 Å². The summed E-state index contributed by atoms with van der Waals surface area (Å²) in [5.74, 6) is -0.654. The maximum Gasteiger partial charge on any atom is 0.303 e. The first-order valence-corrected chi connectivity index (χ1v) is 7.02. The summed E-state index contributed by atoms with van der Waals surface area (Å²) in [6, 6.07) is 5.29. The lowest BCUT2D eigenvalue weighted by Gasteiger charge is -2.06. The summed E-state index contributed by atoms with van der Waals surface area (Å²) in [4.78, 5) is 15.9. The predicted molar refractivity (Wildman–Crippen MR) is 78.9 cm³/mol. The number of thiazole rings is 1. The molecule has 1 aromatic heterocycles. The third kappa shape index (κ3) is 3.48. The summed E-state index contributed by atoms with van der Waals surface area (Å²) in [7, 11) is 0. The van der Waals surface area contributed by atoms with Crippen LogP contribution in [0.1, 0.15) is 22.6 Å². The fourth-order valence-corrected chi connectivity index (χ4v) is 2.77. The van der Waals surface area contributed by atoms with Crippen LogP contribution in [-0.4, -0.2) is 21.2 Å². The van der Waals surface area contributed by atoms with E-state index in [4.69, 9.17) is 5.11 Å². The van der Waals surface area contributed by atoms with Crippen molar-refractivity contribution in [3.63, 3.8) is 0 Å². The van der Waals surface area contributed by atoms with Gasteiger partial charge < -0.3 is 15.5 Å². The molecule has 0 bridgehead atoms. The van der Waals surface area contributed by atoms with Crippen molar-refractivity contribution in [1.82, 2.24) is 4.98 Å². The van der Waals surface area contributed by atoms with Crippen LogP contribution in [0.25, 0.3) is 0 Å². The van der Waals surface area contributed by atoms with Crippen LogP contribution in [0.4, 0.5) is 10.8 Å². The number of nitrogens with zero attached hydrogens (tertiary/aromatic N) is 1. The molecule has 5 nitrogen and oxygen atoms in total. The molecule has 0 unspecified atom stereocenters. The lowest BCUT2D eigenvalue weighted by atomic mass is 10.2. The molecule has 0 spiro atoms. The van der Waals surface area contributed by atoms with E-state index in [9.17, 15) is 9.90 Å². The summed E-state index contributed by atoms with van der Waals surface area (Å²) < 4.78 is 0. The van der Waals surface area contributed by atoms with Gasteiger partial charge in [-0.25, -0.2) is 4.98 Å². The highest BCUT2D eigenvalue weighted by Crippen LogP contribution is 2.31. The fourth-order valence-electron chi connectivity index (χ4n) is 1.80. The number of phenols is 1. The minimum atomic E-state index is -0.816. The van der Waals surface area contributed by atoms with Gasteiger partial charge in [-0.05, 0) is 38.0 Å². The van der Waals surface area contributed by atoms with Gasteiger partial charge >= 0.3 is 5.97 Å². The van der Waals surface area contributed by atoms with Crippen LogP contribution in [0.3, 0.4) is 0 Å². The van der Waals surface area contributed by atoms with Gasteiger partial charge in [0.25, 0.3) is 0 Å². The van der Waals surface area contributed by atoms with Crippen LogP contribution >= 0.6 is 11.3 Å². The first-order chi connectivity index (χ1) is 9.45. The second-order valence-electron chi connectivity index (χ2n) is 4.57. The number of carbonyl (C=O) groups is 1. The molecule has 0 amide bonds. The third-order valence-corrected chi connectivity index (χ3v) is 3.98. The Hall–Kier alpha value is -2.08. The molecule has 0 saturated heterocycles. The molecule has 0 aliphatic heterocycles. The van der Waals surface area contributed by atoms with Crippen molar-refractivity contribution in [2.24, 2.45) is 0 Å². The number of phenolic OH excluding ortho intramolecular Hbond substituents is 1. The van der Waals surface area contributed by atoms with E-state index in [1.54, 1.807) is 6.07 Å². The second-order valence-corrected chi connectivity index (χ2v) is 5.65. The van der Waals surface area contributed by atoms with Crippen LogP contribution in [-0.2, 0) is 11.2 Å². The second kappa shape index (κ2) is 5.92. The first kappa shape index (κ1) is 14.3. The number of benzene rings is 1. The number of hydrogen-bond acceptors (Lipinski definition) is 5. The number of anilines is 2. The van der Waals surface area contributed by atoms with Crippen molar-refractivity contribution in [3.05, 3.63) is 34.3 Å². The average Bonchev–Trinajstić information content (AvgIpc) is 2.72. The number of aromatic hydroxyl groups is 1. The highest BCUT2D eigenvalue weighted by Gasteiger charge is 2.11. The van der Waals surface area contributed by atoms with Crippen molar-refractivity contribution < 1.29 is 15.0 Å². The Morgan fingerprint density at radius 2 is 2.15 bits per heavy atom. The maximum absolute atomic E-state index is 10.6. The van der Waals surface area contributed by atoms with E-state index >= 15 is 0 Å². The number of carboxylic acid groups (broad SMARTS) is 1. The molecular weight excluding hydrogens is 276 g/mol. The highest BCUT2D eigenvalue weighted by atomic mass is 32.1. The lowest BCUT2D eigenvalue weighted by molar-refractivity contribution is -0.136. The van der Waals surface area contributed by atoms with Crippen molar-refractivity contribution in [2.45, 2.75) is 26.7 Å². The van der Waals surface area contributed by atoms with Crippen molar-refractivity contribution >= 4 is 28.1 Å². The molecule has 0 saturated carbocycles. The molecule has 20 heavy (non-hydrogen) atoms. The zero-order valence-electron chi connectivity index (χ0n) is 11.3. The van der Waals surface area contributed by atoms with E-state index in [1.807, 2.05) is 26.0 Å². The molecule has 1 aromatic carbocycles. The van der Waals surface area contributed by atoms with Gasteiger partial charge in [0.1, 0.15) is 5.75 Å². The summed E-state index contributed by atoms with van der Waals surface area (Å²) in [5.41, 5.74) is 2.46. The number of aliphatic carboxylic acids is 1. The van der Waals surface area contributed by atoms with Crippen molar-refractivity contribution in [3.8, 4) is 5.75 Å².